The lowest BCUT2D eigenvalue weighted by Crippen LogP contribution is -1.82. The number of hydrogen-bond donors (Lipinski definition) is 0. The molecule has 0 bridgehead atoms. The van der Waals surface area contributed by atoms with Crippen LogP contribution in [0.2, 0.25) is 0 Å². The number of hydrogen-bond acceptors (Lipinski definition) is 1. The number of unbranched alkanes of at least 4 members (excludes halogenated alkanes) is 11. The van der Waals surface area contributed by atoms with E-state index in [9.17, 15) is 0 Å². The first kappa shape index (κ1) is 16.3. The Kier molecular flexibility index (Phi) is 9.57. The summed E-state index contributed by atoms with van der Waals surface area (Å²) in [6.07, 6.45) is 19.9. The van der Waals surface area contributed by atoms with Crippen LogP contribution in [0.3, 0.4) is 0 Å². The van der Waals surface area contributed by atoms with Gasteiger partial charge < -0.3 is 4.74 Å². The monoisotopic (exact) mass is 264 g/mol. The molecule has 0 saturated carbocycles. The van der Waals surface area contributed by atoms with Gasteiger partial charge in [0.1, 0.15) is 5.76 Å². The first-order valence-corrected chi connectivity index (χ1v) is 8.42. The van der Waals surface area contributed by atoms with Crippen LogP contribution in [0.1, 0.15) is 90.4 Å². The van der Waals surface area contributed by atoms with Gasteiger partial charge in [-0.25, -0.2) is 0 Å². The molecule has 0 atom stereocenters. The van der Waals surface area contributed by atoms with Crippen molar-refractivity contribution < 1.29 is 4.74 Å². The summed E-state index contributed by atoms with van der Waals surface area (Å²) in [5.74, 6) is 2.21. The van der Waals surface area contributed by atoms with Crippen molar-refractivity contribution in [1.82, 2.24) is 0 Å². The van der Waals surface area contributed by atoms with Crippen LogP contribution < -0.4 is 0 Å². The second-order valence-electron chi connectivity index (χ2n) is 5.73. The highest BCUT2D eigenvalue weighted by atomic mass is 16.6. The standard InChI is InChI=1S/C18H32O/c1-3-5-6-7-8-9-10-11-12-13-14-15-16-18-17(4-2)19-18/h4H,2-3,5-16H2,1H3. The minimum absolute atomic E-state index is 1.03. The third-order valence-electron chi connectivity index (χ3n) is 3.91. The maximum Gasteiger partial charge on any atom is 0.164 e. The highest BCUT2D eigenvalue weighted by molar-refractivity contribution is 5.27. The predicted octanol–water partition coefficient (Wildman–Crippen LogP) is 6.51. The molecule has 1 rings (SSSR count). The van der Waals surface area contributed by atoms with E-state index in [2.05, 4.69) is 13.5 Å². The fourth-order valence-electron chi connectivity index (χ4n) is 2.56. The minimum Gasteiger partial charge on any atom is -0.454 e. The lowest BCUT2D eigenvalue weighted by Gasteiger charge is -2.02. The zero-order valence-electron chi connectivity index (χ0n) is 12.9. The van der Waals surface area contributed by atoms with E-state index in [-0.39, 0.29) is 0 Å². The summed E-state index contributed by atoms with van der Waals surface area (Å²) in [5.41, 5.74) is 0. The molecule has 110 valence electrons. The fraction of sp³-hybridized carbons (Fsp3) is 0.778. The van der Waals surface area contributed by atoms with Gasteiger partial charge in [-0.3, -0.25) is 0 Å². The molecule has 0 amide bonds. The summed E-state index contributed by atoms with van der Waals surface area (Å²) in [4.78, 5) is 0. The molecule has 0 fully saturated rings. The van der Waals surface area contributed by atoms with Crippen molar-refractivity contribution in [1.29, 1.82) is 0 Å². The molecule has 1 aliphatic rings. The van der Waals surface area contributed by atoms with E-state index in [0.29, 0.717) is 0 Å². The van der Waals surface area contributed by atoms with Gasteiger partial charge in [-0.1, -0.05) is 84.1 Å². The molecule has 1 aliphatic heterocycles. The van der Waals surface area contributed by atoms with Gasteiger partial charge in [0, 0.05) is 6.42 Å². The van der Waals surface area contributed by atoms with E-state index in [1.54, 1.807) is 0 Å². The first-order chi connectivity index (χ1) is 9.38. The second-order valence-corrected chi connectivity index (χ2v) is 5.73. The number of ether oxygens (including phenoxy) is 1. The smallest absolute Gasteiger partial charge is 0.164 e. The summed E-state index contributed by atoms with van der Waals surface area (Å²) in [7, 11) is 0. The lowest BCUT2D eigenvalue weighted by atomic mass is 10.0. The van der Waals surface area contributed by atoms with E-state index >= 15 is 0 Å². The van der Waals surface area contributed by atoms with Crippen LogP contribution in [-0.4, -0.2) is 0 Å². The Morgan fingerprint density at radius 1 is 0.789 bits per heavy atom. The fourth-order valence-corrected chi connectivity index (χ4v) is 2.56. The first-order valence-electron chi connectivity index (χ1n) is 8.42. The van der Waals surface area contributed by atoms with Crippen molar-refractivity contribution in [2.24, 2.45) is 0 Å². The van der Waals surface area contributed by atoms with Crippen LogP contribution in [0.15, 0.2) is 24.2 Å². The van der Waals surface area contributed by atoms with Gasteiger partial charge in [-0.15, -0.1) is 0 Å². The normalized spacial score (nSPS) is 13.5. The Bertz CT molecular complexity index is 265. The van der Waals surface area contributed by atoms with Crippen molar-refractivity contribution in [3.63, 3.8) is 0 Å². The SMILES string of the molecule is C=CC1=C(CCCCCCCCCCCCCC)O1. The lowest BCUT2D eigenvalue weighted by molar-refractivity contribution is 0.454. The predicted molar refractivity (Wildman–Crippen MR) is 84.0 cm³/mol. The van der Waals surface area contributed by atoms with Gasteiger partial charge >= 0.3 is 0 Å². The molecule has 0 aliphatic carbocycles. The Hall–Kier alpha value is -0.720. The minimum atomic E-state index is 1.03. The summed E-state index contributed by atoms with van der Waals surface area (Å²) >= 11 is 0. The molecule has 0 aromatic rings. The Labute approximate surface area is 120 Å². The molecule has 0 saturated heterocycles. The van der Waals surface area contributed by atoms with Crippen molar-refractivity contribution in [2.75, 3.05) is 0 Å². The van der Waals surface area contributed by atoms with Crippen LogP contribution >= 0.6 is 0 Å². The molecule has 1 heteroatoms. The van der Waals surface area contributed by atoms with Gasteiger partial charge in [0.25, 0.3) is 0 Å². The van der Waals surface area contributed by atoms with Crippen molar-refractivity contribution in [2.45, 2.75) is 90.4 Å². The molecular weight excluding hydrogens is 232 g/mol. The largest absolute Gasteiger partial charge is 0.454 e. The van der Waals surface area contributed by atoms with E-state index in [0.717, 1.165) is 12.2 Å². The zero-order valence-corrected chi connectivity index (χ0v) is 12.9. The maximum absolute atomic E-state index is 5.28. The van der Waals surface area contributed by atoms with Crippen molar-refractivity contribution in [3.05, 3.63) is 24.2 Å². The topological polar surface area (TPSA) is 12.5 Å². The molecular formula is C18H32O. The van der Waals surface area contributed by atoms with Crippen LogP contribution in [-0.2, 0) is 4.74 Å². The number of allylic oxidation sites excluding steroid dienone is 2. The second kappa shape index (κ2) is 11.1. The molecule has 1 heterocycles. The highest BCUT2D eigenvalue weighted by Crippen LogP contribution is 2.31. The van der Waals surface area contributed by atoms with E-state index in [4.69, 9.17) is 4.74 Å². The Morgan fingerprint density at radius 3 is 1.68 bits per heavy atom. The average molecular weight is 264 g/mol. The summed E-state index contributed by atoms with van der Waals surface area (Å²) in [5, 5.41) is 0. The maximum atomic E-state index is 5.28. The van der Waals surface area contributed by atoms with Gasteiger partial charge in [0.2, 0.25) is 0 Å². The van der Waals surface area contributed by atoms with Crippen molar-refractivity contribution in [3.8, 4) is 0 Å². The molecule has 19 heavy (non-hydrogen) atoms. The van der Waals surface area contributed by atoms with Gasteiger partial charge in [0.05, 0.1) is 0 Å². The molecule has 0 aromatic carbocycles. The van der Waals surface area contributed by atoms with Crippen LogP contribution in [0, 0.1) is 0 Å². The summed E-state index contributed by atoms with van der Waals surface area (Å²) in [6.45, 7) is 5.98. The van der Waals surface area contributed by atoms with Crippen LogP contribution in [0.5, 0.6) is 0 Å². The summed E-state index contributed by atoms with van der Waals surface area (Å²) < 4.78 is 5.28. The summed E-state index contributed by atoms with van der Waals surface area (Å²) in [6, 6.07) is 0. The van der Waals surface area contributed by atoms with Crippen LogP contribution in [0.4, 0.5) is 0 Å². The molecule has 1 nitrogen and oxygen atoms in total. The molecule has 0 aromatic heterocycles. The molecule has 0 spiro atoms. The Balaban J connectivity index is 1.70. The van der Waals surface area contributed by atoms with Crippen LogP contribution in [0.25, 0.3) is 0 Å². The third kappa shape index (κ3) is 8.91. The average Bonchev–Trinajstić information content (AvgIpc) is 3.19. The molecule has 0 radical (unpaired) electrons. The molecule has 0 unspecified atom stereocenters. The van der Waals surface area contributed by atoms with Gasteiger partial charge in [-0.2, -0.15) is 0 Å². The number of rotatable bonds is 14. The third-order valence-corrected chi connectivity index (χ3v) is 3.91. The van der Waals surface area contributed by atoms with E-state index in [1.807, 2.05) is 6.08 Å². The molecule has 0 N–H and O–H groups in total. The van der Waals surface area contributed by atoms with Gasteiger partial charge in [-0.05, 0) is 12.5 Å². The quantitative estimate of drug-likeness (QED) is 0.326. The highest BCUT2D eigenvalue weighted by Gasteiger charge is 2.19. The van der Waals surface area contributed by atoms with Crippen molar-refractivity contribution >= 4 is 0 Å². The Morgan fingerprint density at radius 2 is 1.26 bits per heavy atom. The van der Waals surface area contributed by atoms with Gasteiger partial charge in [0.15, 0.2) is 5.76 Å². The van der Waals surface area contributed by atoms with E-state index in [1.165, 1.54) is 82.8 Å². The van der Waals surface area contributed by atoms with E-state index < -0.39 is 0 Å². The zero-order chi connectivity index (χ0) is 13.8.